The highest BCUT2D eigenvalue weighted by Gasteiger charge is 2.23. The van der Waals surface area contributed by atoms with Crippen LogP contribution in [-0.2, 0) is 18.4 Å². The van der Waals surface area contributed by atoms with E-state index in [1.54, 1.807) is 0 Å². The Morgan fingerprint density at radius 2 is 2.25 bits per heavy atom. The first-order valence-corrected chi connectivity index (χ1v) is 5.61. The zero-order chi connectivity index (χ0) is 11.7. The van der Waals surface area contributed by atoms with Gasteiger partial charge in [0.1, 0.15) is 5.82 Å². The molecule has 0 radical (unpaired) electrons. The van der Waals surface area contributed by atoms with Crippen molar-refractivity contribution in [1.29, 1.82) is 0 Å². The van der Waals surface area contributed by atoms with Gasteiger partial charge >= 0.3 is 0 Å². The number of aromatic nitrogens is 2. The molecule has 0 saturated carbocycles. The molecule has 0 spiro atoms. The number of amides is 1. The molecule has 1 amide bonds. The summed E-state index contributed by atoms with van der Waals surface area (Å²) in [4.78, 5) is 13.5. The Hall–Kier alpha value is -1.52. The summed E-state index contributed by atoms with van der Waals surface area (Å²) in [6.45, 7) is 3.53. The van der Waals surface area contributed by atoms with Crippen molar-refractivity contribution >= 4 is 11.7 Å². The van der Waals surface area contributed by atoms with Gasteiger partial charge in [-0.15, -0.1) is 0 Å². The molecular formula is C11H18N4O. The van der Waals surface area contributed by atoms with Gasteiger partial charge in [-0.05, 0) is 13.3 Å². The first-order chi connectivity index (χ1) is 7.63. The zero-order valence-corrected chi connectivity index (χ0v) is 10.1. The molecule has 1 aromatic heterocycles. The van der Waals surface area contributed by atoms with Gasteiger partial charge in [0.2, 0.25) is 5.91 Å². The van der Waals surface area contributed by atoms with Crippen LogP contribution in [0.15, 0.2) is 0 Å². The molecule has 0 aliphatic carbocycles. The maximum Gasteiger partial charge on any atom is 0.222 e. The third-order valence-electron chi connectivity index (χ3n) is 3.10. The van der Waals surface area contributed by atoms with Crippen molar-refractivity contribution in [1.82, 2.24) is 14.7 Å². The van der Waals surface area contributed by atoms with Gasteiger partial charge in [-0.2, -0.15) is 5.10 Å². The van der Waals surface area contributed by atoms with E-state index in [9.17, 15) is 4.79 Å². The monoisotopic (exact) mass is 222 g/mol. The first-order valence-electron chi connectivity index (χ1n) is 5.61. The molecule has 1 aromatic rings. The van der Waals surface area contributed by atoms with Crippen molar-refractivity contribution in [2.45, 2.75) is 26.3 Å². The second-order valence-corrected chi connectivity index (χ2v) is 4.21. The molecule has 16 heavy (non-hydrogen) atoms. The minimum Gasteiger partial charge on any atom is -0.373 e. The fraction of sp³-hybridized carbons (Fsp3) is 0.636. The number of nitrogens with one attached hydrogen (secondary N) is 1. The van der Waals surface area contributed by atoms with Gasteiger partial charge in [-0.25, -0.2) is 0 Å². The van der Waals surface area contributed by atoms with Crippen LogP contribution in [0.25, 0.3) is 0 Å². The van der Waals surface area contributed by atoms with Crippen LogP contribution >= 0.6 is 0 Å². The lowest BCUT2D eigenvalue weighted by Gasteiger charge is -2.16. The summed E-state index contributed by atoms with van der Waals surface area (Å²) < 4.78 is 1.82. The summed E-state index contributed by atoms with van der Waals surface area (Å²) in [5.74, 6) is 1.25. The van der Waals surface area contributed by atoms with Crippen molar-refractivity contribution in [3.8, 4) is 0 Å². The van der Waals surface area contributed by atoms with Crippen LogP contribution in [0.4, 0.5) is 5.82 Å². The van der Waals surface area contributed by atoms with Gasteiger partial charge < -0.3 is 10.2 Å². The number of aryl methyl sites for hydroxylation is 2. The van der Waals surface area contributed by atoms with E-state index in [-0.39, 0.29) is 5.91 Å². The number of anilines is 1. The average molecular weight is 222 g/mol. The van der Waals surface area contributed by atoms with Crippen LogP contribution in [0.1, 0.15) is 24.1 Å². The van der Waals surface area contributed by atoms with Gasteiger partial charge in [-0.1, -0.05) is 0 Å². The van der Waals surface area contributed by atoms with Crippen LogP contribution in [0.3, 0.4) is 0 Å². The minimum absolute atomic E-state index is 0.255. The number of hydrogen-bond donors (Lipinski definition) is 1. The van der Waals surface area contributed by atoms with E-state index < -0.39 is 0 Å². The highest BCUT2D eigenvalue weighted by molar-refractivity contribution is 5.78. The summed E-state index contributed by atoms with van der Waals surface area (Å²) >= 11 is 0. The summed E-state index contributed by atoms with van der Waals surface area (Å²) in [7, 11) is 3.79. The lowest BCUT2D eigenvalue weighted by Crippen LogP contribution is -2.24. The SMILES string of the molecule is CNc1c(CN2CCCC2=O)c(C)nn1C. The topological polar surface area (TPSA) is 50.2 Å². The number of rotatable bonds is 3. The van der Waals surface area contributed by atoms with E-state index in [1.807, 2.05) is 30.6 Å². The minimum atomic E-state index is 0.255. The molecule has 1 aliphatic rings. The lowest BCUT2D eigenvalue weighted by molar-refractivity contribution is -0.128. The van der Waals surface area contributed by atoms with Crippen LogP contribution in [0.5, 0.6) is 0 Å². The molecule has 2 rings (SSSR count). The maximum absolute atomic E-state index is 11.6. The fourth-order valence-electron chi connectivity index (χ4n) is 2.27. The number of nitrogens with zero attached hydrogens (tertiary/aromatic N) is 3. The Bertz CT molecular complexity index is 410. The highest BCUT2D eigenvalue weighted by atomic mass is 16.2. The second kappa shape index (κ2) is 4.15. The Morgan fingerprint density at radius 3 is 2.81 bits per heavy atom. The Balaban J connectivity index is 2.23. The van der Waals surface area contributed by atoms with Crippen molar-refractivity contribution in [3.63, 3.8) is 0 Å². The molecule has 1 fully saturated rings. The van der Waals surface area contributed by atoms with Gasteiger partial charge in [0.05, 0.1) is 12.2 Å². The zero-order valence-electron chi connectivity index (χ0n) is 10.1. The van der Waals surface area contributed by atoms with E-state index in [4.69, 9.17) is 0 Å². The standard InChI is InChI=1S/C11H18N4O/c1-8-9(11(12-2)14(3)13-8)7-15-6-4-5-10(15)16/h12H,4-7H2,1-3H3. The number of carbonyl (C=O) groups is 1. The summed E-state index contributed by atoms with van der Waals surface area (Å²) in [5.41, 5.74) is 2.12. The van der Waals surface area contributed by atoms with E-state index >= 15 is 0 Å². The highest BCUT2D eigenvalue weighted by Crippen LogP contribution is 2.22. The normalized spacial score (nSPS) is 15.9. The van der Waals surface area contributed by atoms with Crippen molar-refractivity contribution in [3.05, 3.63) is 11.3 Å². The predicted octanol–water partition coefficient (Wildman–Crippen LogP) is 0.893. The Morgan fingerprint density at radius 1 is 1.50 bits per heavy atom. The largest absolute Gasteiger partial charge is 0.373 e. The van der Waals surface area contributed by atoms with Crippen molar-refractivity contribution in [2.75, 3.05) is 18.9 Å². The fourth-order valence-corrected chi connectivity index (χ4v) is 2.27. The van der Waals surface area contributed by atoms with Crippen LogP contribution in [-0.4, -0.2) is 34.2 Å². The maximum atomic E-state index is 11.6. The molecule has 5 nitrogen and oxygen atoms in total. The molecule has 0 aromatic carbocycles. The molecule has 0 atom stereocenters. The van der Waals surface area contributed by atoms with E-state index in [2.05, 4.69) is 10.4 Å². The molecule has 1 aliphatic heterocycles. The summed E-state index contributed by atoms with van der Waals surface area (Å²) in [6.07, 6.45) is 1.67. The third kappa shape index (κ3) is 1.77. The molecule has 2 heterocycles. The second-order valence-electron chi connectivity index (χ2n) is 4.21. The molecule has 88 valence electrons. The first kappa shape index (κ1) is 11.0. The third-order valence-corrected chi connectivity index (χ3v) is 3.10. The number of likely N-dealkylation sites (tertiary alicyclic amines) is 1. The van der Waals surface area contributed by atoms with Crippen molar-refractivity contribution in [2.24, 2.45) is 7.05 Å². The Kier molecular flexibility index (Phi) is 2.85. The molecule has 5 heteroatoms. The quantitative estimate of drug-likeness (QED) is 0.826. The van der Waals surface area contributed by atoms with Gasteiger partial charge in [0.25, 0.3) is 0 Å². The van der Waals surface area contributed by atoms with Gasteiger partial charge in [-0.3, -0.25) is 9.48 Å². The smallest absolute Gasteiger partial charge is 0.222 e. The van der Waals surface area contributed by atoms with E-state index in [1.165, 1.54) is 0 Å². The summed E-state index contributed by atoms with van der Waals surface area (Å²) in [5, 5.41) is 7.50. The number of hydrogen-bond acceptors (Lipinski definition) is 3. The number of carbonyl (C=O) groups excluding carboxylic acids is 1. The summed E-state index contributed by atoms with van der Waals surface area (Å²) in [6, 6.07) is 0. The Labute approximate surface area is 95.4 Å². The van der Waals surface area contributed by atoms with E-state index in [0.29, 0.717) is 13.0 Å². The van der Waals surface area contributed by atoms with Crippen LogP contribution < -0.4 is 5.32 Å². The molecule has 1 saturated heterocycles. The predicted molar refractivity (Wildman–Crippen MR) is 62.1 cm³/mol. The van der Waals surface area contributed by atoms with Crippen LogP contribution in [0, 0.1) is 6.92 Å². The average Bonchev–Trinajstić information content (AvgIpc) is 2.74. The van der Waals surface area contributed by atoms with Crippen LogP contribution in [0.2, 0.25) is 0 Å². The molecule has 0 unspecified atom stereocenters. The van der Waals surface area contributed by atoms with Crippen molar-refractivity contribution < 1.29 is 4.79 Å². The molecular weight excluding hydrogens is 204 g/mol. The molecule has 0 bridgehead atoms. The van der Waals surface area contributed by atoms with Gasteiger partial charge in [0, 0.05) is 32.6 Å². The lowest BCUT2D eigenvalue weighted by atomic mass is 10.2. The van der Waals surface area contributed by atoms with E-state index in [0.717, 1.165) is 30.0 Å². The molecule has 1 N–H and O–H groups in total. The van der Waals surface area contributed by atoms with Gasteiger partial charge in [0.15, 0.2) is 0 Å².